The summed E-state index contributed by atoms with van der Waals surface area (Å²) in [5.74, 6) is -1.07. The Kier molecular flexibility index (Phi) is 4.07. The van der Waals surface area contributed by atoms with Crippen molar-refractivity contribution in [2.45, 2.75) is 12.5 Å². The molecule has 2 aliphatic heterocycles. The van der Waals surface area contributed by atoms with Crippen LogP contribution < -0.4 is 0 Å². The number of benzene rings is 1. The van der Waals surface area contributed by atoms with Gasteiger partial charge in [0.1, 0.15) is 11.6 Å². The molecule has 6 heteroatoms. The van der Waals surface area contributed by atoms with Crippen molar-refractivity contribution in [2.75, 3.05) is 39.4 Å². The molecule has 1 aromatic rings. The van der Waals surface area contributed by atoms with Gasteiger partial charge in [0.05, 0.1) is 18.8 Å². The molecule has 3 rings (SSSR count). The minimum atomic E-state index is -0.545. The predicted molar refractivity (Wildman–Crippen MR) is 74.8 cm³/mol. The molecule has 1 aromatic carbocycles. The van der Waals surface area contributed by atoms with Crippen molar-refractivity contribution >= 4 is 5.91 Å². The lowest BCUT2D eigenvalue weighted by Crippen LogP contribution is -2.45. The summed E-state index contributed by atoms with van der Waals surface area (Å²) in [7, 11) is 0. The maximum Gasteiger partial charge on any atom is 0.257 e. The van der Waals surface area contributed by atoms with E-state index in [1.807, 2.05) is 0 Å². The molecule has 0 radical (unpaired) electrons. The van der Waals surface area contributed by atoms with Gasteiger partial charge in [-0.3, -0.25) is 9.69 Å². The van der Waals surface area contributed by atoms with Crippen molar-refractivity contribution in [1.82, 2.24) is 9.80 Å². The first kappa shape index (κ1) is 14.3. The number of likely N-dealkylation sites (tertiary alicyclic amines) is 1. The number of phenolic OH excluding ortho intramolecular Hbond substituents is 1. The summed E-state index contributed by atoms with van der Waals surface area (Å²) in [6, 6.07) is 3.86. The van der Waals surface area contributed by atoms with Crippen molar-refractivity contribution in [2.24, 2.45) is 0 Å². The minimum absolute atomic E-state index is 0.166. The Morgan fingerprint density at radius 1 is 1.29 bits per heavy atom. The molecule has 1 unspecified atom stereocenters. The normalized spacial score (nSPS) is 23.5. The summed E-state index contributed by atoms with van der Waals surface area (Å²) in [5, 5.41) is 9.72. The van der Waals surface area contributed by atoms with Crippen LogP contribution in [0, 0.1) is 5.82 Å². The summed E-state index contributed by atoms with van der Waals surface area (Å²) in [6.07, 6.45) is 0.924. The highest BCUT2D eigenvalue weighted by Gasteiger charge is 2.32. The molecule has 0 spiro atoms. The van der Waals surface area contributed by atoms with E-state index in [-0.39, 0.29) is 17.2 Å². The second-order valence-corrected chi connectivity index (χ2v) is 5.50. The van der Waals surface area contributed by atoms with E-state index >= 15 is 0 Å². The van der Waals surface area contributed by atoms with Gasteiger partial charge in [-0.05, 0) is 18.6 Å². The van der Waals surface area contributed by atoms with Crippen LogP contribution in [-0.2, 0) is 4.74 Å². The third-order valence-corrected chi connectivity index (χ3v) is 4.20. The molecule has 0 bridgehead atoms. The van der Waals surface area contributed by atoms with Crippen LogP contribution in [0.2, 0.25) is 0 Å². The zero-order valence-corrected chi connectivity index (χ0v) is 11.8. The maximum atomic E-state index is 13.0. The van der Waals surface area contributed by atoms with Gasteiger partial charge in [-0.15, -0.1) is 0 Å². The van der Waals surface area contributed by atoms with E-state index in [0.717, 1.165) is 38.8 Å². The van der Waals surface area contributed by atoms with Gasteiger partial charge in [0.2, 0.25) is 0 Å². The maximum absolute atomic E-state index is 13.0. The van der Waals surface area contributed by atoms with Gasteiger partial charge >= 0.3 is 0 Å². The predicted octanol–water partition coefficient (Wildman–Crippen LogP) is 1.08. The van der Waals surface area contributed by atoms with Gasteiger partial charge in [0, 0.05) is 38.3 Å². The topological polar surface area (TPSA) is 53.0 Å². The third kappa shape index (κ3) is 3.01. The van der Waals surface area contributed by atoms with Crippen LogP contribution in [-0.4, -0.2) is 66.2 Å². The van der Waals surface area contributed by atoms with Crippen LogP contribution in [0.1, 0.15) is 16.8 Å². The third-order valence-electron chi connectivity index (χ3n) is 4.20. The van der Waals surface area contributed by atoms with Gasteiger partial charge in [-0.1, -0.05) is 0 Å². The number of morpholine rings is 1. The summed E-state index contributed by atoms with van der Waals surface area (Å²) >= 11 is 0. The number of hydrogen-bond donors (Lipinski definition) is 1. The zero-order chi connectivity index (χ0) is 14.8. The van der Waals surface area contributed by atoms with Crippen LogP contribution in [0.25, 0.3) is 0 Å². The van der Waals surface area contributed by atoms with Crippen molar-refractivity contribution in [1.29, 1.82) is 0 Å². The Labute approximate surface area is 122 Å². The lowest BCUT2D eigenvalue weighted by molar-refractivity contribution is 0.0185. The highest BCUT2D eigenvalue weighted by Crippen LogP contribution is 2.24. The summed E-state index contributed by atoms with van der Waals surface area (Å²) in [5.41, 5.74) is 0.166. The fourth-order valence-corrected chi connectivity index (χ4v) is 3.02. The van der Waals surface area contributed by atoms with Crippen LogP contribution in [0.3, 0.4) is 0 Å². The van der Waals surface area contributed by atoms with Gasteiger partial charge in [-0.25, -0.2) is 4.39 Å². The highest BCUT2D eigenvalue weighted by molar-refractivity contribution is 5.97. The number of phenols is 1. The van der Waals surface area contributed by atoms with E-state index in [0.29, 0.717) is 19.1 Å². The molecule has 0 aliphatic carbocycles. The van der Waals surface area contributed by atoms with Crippen molar-refractivity contribution < 1.29 is 19.0 Å². The van der Waals surface area contributed by atoms with E-state index in [4.69, 9.17) is 4.74 Å². The number of amides is 1. The van der Waals surface area contributed by atoms with Gasteiger partial charge < -0.3 is 14.7 Å². The highest BCUT2D eigenvalue weighted by atomic mass is 19.1. The van der Waals surface area contributed by atoms with Gasteiger partial charge in [0.25, 0.3) is 5.91 Å². The fraction of sp³-hybridized carbons (Fsp3) is 0.533. The number of aromatic hydroxyl groups is 1. The lowest BCUT2D eigenvalue weighted by atomic mass is 10.1. The molecular weight excluding hydrogens is 275 g/mol. The minimum Gasteiger partial charge on any atom is -0.507 e. The SMILES string of the molecule is O=C(c1ccc(F)cc1O)N1CCC(N2CCOCC2)C1. The van der Waals surface area contributed by atoms with E-state index in [1.54, 1.807) is 4.90 Å². The average molecular weight is 294 g/mol. The molecule has 2 aliphatic rings. The molecule has 2 saturated heterocycles. The Balaban J connectivity index is 1.66. The number of hydrogen-bond acceptors (Lipinski definition) is 4. The quantitative estimate of drug-likeness (QED) is 0.887. The Bertz CT molecular complexity index is 532. The number of carbonyl (C=O) groups is 1. The monoisotopic (exact) mass is 294 g/mol. The van der Waals surface area contributed by atoms with E-state index < -0.39 is 5.82 Å². The molecule has 2 heterocycles. The van der Waals surface area contributed by atoms with E-state index in [9.17, 15) is 14.3 Å². The first-order chi connectivity index (χ1) is 10.1. The van der Waals surface area contributed by atoms with Crippen LogP contribution in [0.5, 0.6) is 5.75 Å². The fourth-order valence-electron chi connectivity index (χ4n) is 3.02. The number of halogens is 1. The van der Waals surface area contributed by atoms with Crippen LogP contribution in [0.15, 0.2) is 18.2 Å². The zero-order valence-electron chi connectivity index (χ0n) is 11.8. The number of nitrogens with zero attached hydrogens (tertiary/aromatic N) is 2. The van der Waals surface area contributed by atoms with Crippen molar-refractivity contribution in [3.63, 3.8) is 0 Å². The summed E-state index contributed by atoms with van der Waals surface area (Å²) < 4.78 is 18.3. The van der Waals surface area contributed by atoms with E-state index in [1.165, 1.54) is 12.1 Å². The van der Waals surface area contributed by atoms with Crippen LogP contribution >= 0.6 is 0 Å². The molecule has 1 atom stereocenters. The Morgan fingerprint density at radius 3 is 2.76 bits per heavy atom. The molecule has 5 nitrogen and oxygen atoms in total. The number of rotatable bonds is 2. The molecule has 0 aromatic heterocycles. The first-order valence-electron chi connectivity index (χ1n) is 7.25. The standard InChI is InChI=1S/C15H19FN2O3/c16-11-1-2-13(14(19)9-11)15(20)18-4-3-12(10-18)17-5-7-21-8-6-17/h1-2,9,12,19H,3-8,10H2. The summed E-state index contributed by atoms with van der Waals surface area (Å²) in [6.45, 7) is 4.59. The average Bonchev–Trinajstić information content (AvgIpc) is 2.97. The molecule has 2 fully saturated rings. The van der Waals surface area contributed by atoms with Crippen molar-refractivity contribution in [3.8, 4) is 5.75 Å². The van der Waals surface area contributed by atoms with Gasteiger partial charge in [0.15, 0.2) is 0 Å². The Hall–Kier alpha value is -1.66. The molecule has 114 valence electrons. The number of ether oxygens (including phenoxy) is 1. The van der Waals surface area contributed by atoms with E-state index in [2.05, 4.69) is 4.90 Å². The number of carbonyl (C=O) groups excluding carboxylic acids is 1. The lowest BCUT2D eigenvalue weighted by Gasteiger charge is -2.32. The summed E-state index contributed by atoms with van der Waals surface area (Å²) in [4.78, 5) is 16.5. The molecule has 0 saturated carbocycles. The largest absolute Gasteiger partial charge is 0.507 e. The smallest absolute Gasteiger partial charge is 0.257 e. The van der Waals surface area contributed by atoms with Gasteiger partial charge in [-0.2, -0.15) is 0 Å². The molecular formula is C15H19FN2O3. The van der Waals surface area contributed by atoms with Crippen LogP contribution in [0.4, 0.5) is 4.39 Å². The first-order valence-corrected chi connectivity index (χ1v) is 7.25. The van der Waals surface area contributed by atoms with Crippen molar-refractivity contribution in [3.05, 3.63) is 29.6 Å². The molecule has 1 N–H and O–H groups in total. The second kappa shape index (κ2) is 5.99. The Morgan fingerprint density at radius 2 is 2.05 bits per heavy atom. The molecule has 1 amide bonds. The molecule has 21 heavy (non-hydrogen) atoms. The second-order valence-electron chi connectivity index (χ2n) is 5.50.